The third-order valence-electron chi connectivity index (χ3n) is 4.31. The summed E-state index contributed by atoms with van der Waals surface area (Å²) in [5, 5.41) is 3.27. The highest BCUT2D eigenvalue weighted by Crippen LogP contribution is 2.22. The van der Waals surface area contributed by atoms with E-state index in [1.54, 1.807) is 4.90 Å². The summed E-state index contributed by atoms with van der Waals surface area (Å²) in [6, 6.07) is 0. The van der Waals surface area contributed by atoms with Gasteiger partial charge in [0.1, 0.15) is 6.54 Å². The molecule has 1 heterocycles. The Balaban J connectivity index is 2.79. The number of hydrogen-bond acceptors (Lipinski definition) is 4. The summed E-state index contributed by atoms with van der Waals surface area (Å²) >= 11 is 0. The Morgan fingerprint density at radius 3 is 2.45 bits per heavy atom. The van der Waals surface area contributed by atoms with Gasteiger partial charge in [0.05, 0.1) is 12.6 Å². The first-order valence-electron chi connectivity index (χ1n) is 7.58. The van der Waals surface area contributed by atoms with E-state index in [2.05, 4.69) is 19.2 Å². The zero-order valence-electron chi connectivity index (χ0n) is 13.2. The van der Waals surface area contributed by atoms with E-state index in [1.165, 1.54) is 7.11 Å². The zero-order valence-corrected chi connectivity index (χ0v) is 13.2. The van der Waals surface area contributed by atoms with Gasteiger partial charge >= 0.3 is 5.97 Å². The van der Waals surface area contributed by atoms with Gasteiger partial charge in [-0.25, -0.2) is 0 Å². The van der Waals surface area contributed by atoms with Crippen molar-refractivity contribution in [1.82, 2.24) is 10.2 Å². The number of nitrogens with one attached hydrogen (secondary N) is 1. The molecule has 1 unspecified atom stereocenters. The van der Waals surface area contributed by atoms with Crippen LogP contribution in [0, 0.1) is 5.92 Å². The van der Waals surface area contributed by atoms with Crippen LogP contribution in [-0.4, -0.2) is 49.1 Å². The Bertz CT molecular complexity index is 334. The maximum Gasteiger partial charge on any atom is 0.325 e. The molecule has 1 saturated heterocycles. The standard InChI is InChI=1S/C15H28N2O3/c1-5-12(6-2)10-17(11-13(18)20-4)14(19)15(3)8-7-9-16-15/h12,16H,5-11H2,1-4H3. The van der Waals surface area contributed by atoms with Gasteiger partial charge in [0.15, 0.2) is 0 Å². The van der Waals surface area contributed by atoms with Crippen LogP contribution in [0.15, 0.2) is 0 Å². The highest BCUT2D eigenvalue weighted by atomic mass is 16.5. The molecule has 1 atom stereocenters. The minimum atomic E-state index is -0.528. The molecular weight excluding hydrogens is 256 g/mol. The smallest absolute Gasteiger partial charge is 0.325 e. The number of ether oxygens (including phenoxy) is 1. The van der Waals surface area contributed by atoms with Crippen LogP contribution >= 0.6 is 0 Å². The van der Waals surface area contributed by atoms with Crippen molar-refractivity contribution in [3.63, 3.8) is 0 Å². The lowest BCUT2D eigenvalue weighted by Gasteiger charge is -2.33. The van der Waals surface area contributed by atoms with Crippen molar-refractivity contribution in [1.29, 1.82) is 0 Å². The second-order valence-corrected chi connectivity index (χ2v) is 5.81. The molecular formula is C15H28N2O3. The van der Waals surface area contributed by atoms with Gasteiger partial charge in [-0.05, 0) is 32.2 Å². The molecule has 0 aliphatic carbocycles. The van der Waals surface area contributed by atoms with Crippen LogP contribution in [0.5, 0.6) is 0 Å². The monoisotopic (exact) mass is 284 g/mol. The molecule has 0 radical (unpaired) electrons. The number of hydrogen-bond donors (Lipinski definition) is 1. The largest absolute Gasteiger partial charge is 0.468 e. The Morgan fingerprint density at radius 2 is 2.00 bits per heavy atom. The highest BCUT2D eigenvalue weighted by molar-refractivity contribution is 5.89. The van der Waals surface area contributed by atoms with Gasteiger partial charge < -0.3 is 15.0 Å². The van der Waals surface area contributed by atoms with E-state index in [-0.39, 0.29) is 18.4 Å². The molecule has 20 heavy (non-hydrogen) atoms. The molecule has 1 N–H and O–H groups in total. The fourth-order valence-electron chi connectivity index (χ4n) is 2.72. The highest BCUT2D eigenvalue weighted by Gasteiger charge is 2.39. The molecule has 0 bridgehead atoms. The number of carbonyl (C=O) groups is 2. The molecule has 1 aliphatic heterocycles. The summed E-state index contributed by atoms with van der Waals surface area (Å²) in [5.41, 5.74) is -0.528. The average molecular weight is 284 g/mol. The van der Waals surface area contributed by atoms with Crippen LogP contribution in [0.25, 0.3) is 0 Å². The molecule has 1 amide bonds. The molecule has 0 aromatic rings. The molecule has 116 valence electrons. The van der Waals surface area contributed by atoms with E-state index >= 15 is 0 Å². The third-order valence-corrected chi connectivity index (χ3v) is 4.31. The fraction of sp³-hybridized carbons (Fsp3) is 0.867. The van der Waals surface area contributed by atoms with Crippen molar-refractivity contribution in [2.45, 2.75) is 52.0 Å². The number of carbonyl (C=O) groups excluding carboxylic acids is 2. The van der Waals surface area contributed by atoms with Gasteiger partial charge in [-0.3, -0.25) is 9.59 Å². The van der Waals surface area contributed by atoms with Crippen LogP contribution in [0.2, 0.25) is 0 Å². The van der Waals surface area contributed by atoms with Crippen molar-refractivity contribution in [2.24, 2.45) is 5.92 Å². The van der Waals surface area contributed by atoms with E-state index in [0.717, 1.165) is 32.2 Å². The van der Waals surface area contributed by atoms with Gasteiger partial charge in [-0.1, -0.05) is 26.7 Å². The minimum Gasteiger partial charge on any atom is -0.468 e. The number of rotatable bonds is 7. The van der Waals surface area contributed by atoms with E-state index in [9.17, 15) is 9.59 Å². The molecule has 1 aliphatic rings. The number of methoxy groups -OCH3 is 1. The Hall–Kier alpha value is -1.10. The number of amides is 1. The van der Waals surface area contributed by atoms with Crippen LogP contribution in [0.3, 0.4) is 0 Å². The van der Waals surface area contributed by atoms with E-state index in [1.807, 2.05) is 6.92 Å². The summed E-state index contributed by atoms with van der Waals surface area (Å²) in [7, 11) is 1.36. The van der Waals surface area contributed by atoms with Gasteiger partial charge in [-0.15, -0.1) is 0 Å². The second-order valence-electron chi connectivity index (χ2n) is 5.81. The van der Waals surface area contributed by atoms with Gasteiger partial charge in [0.25, 0.3) is 0 Å². The van der Waals surface area contributed by atoms with Crippen LogP contribution in [0.4, 0.5) is 0 Å². The maximum absolute atomic E-state index is 12.7. The van der Waals surface area contributed by atoms with Crippen molar-refractivity contribution in [2.75, 3.05) is 26.7 Å². The average Bonchev–Trinajstić information content (AvgIpc) is 2.90. The van der Waals surface area contributed by atoms with Crippen LogP contribution in [-0.2, 0) is 14.3 Å². The Labute approximate surface area is 122 Å². The Morgan fingerprint density at radius 1 is 1.35 bits per heavy atom. The van der Waals surface area contributed by atoms with E-state index < -0.39 is 5.54 Å². The number of nitrogens with zero attached hydrogens (tertiary/aromatic N) is 1. The molecule has 5 nitrogen and oxygen atoms in total. The van der Waals surface area contributed by atoms with Crippen molar-refractivity contribution < 1.29 is 14.3 Å². The lowest BCUT2D eigenvalue weighted by molar-refractivity contribution is -0.149. The summed E-state index contributed by atoms with van der Waals surface area (Å²) in [5.74, 6) is 0.0896. The topological polar surface area (TPSA) is 58.6 Å². The molecule has 1 fully saturated rings. The van der Waals surface area contributed by atoms with Crippen molar-refractivity contribution in [3.8, 4) is 0 Å². The number of esters is 1. The van der Waals surface area contributed by atoms with E-state index in [4.69, 9.17) is 4.74 Å². The summed E-state index contributed by atoms with van der Waals surface area (Å²) in [6.07, 6.45) is 3.84. The summed E-state index contributed by atoms with van der Waals surface area (Å²) < 4.78 is 4.72. The van der Waals surface area contributed by atoms with Crippen molar-refractivity contribution >= 4 is 11.9 Å². The fourth-order valence-corrected chi connectivity index (χ4v) is 2.72. The van der Waals surface area contributed by atoms with Crippen LogP contribution in [0.1, 0.15) is 46.5 Å². The SMILES string of the molecule is CCC(CC)CN(CC(=O)OC)C(=O)C1(C)CCCN1. The molecule has 5 heteroatoms. The zero-order chi connectivity index (χ0) is 15.2. The first kappa shape index (κ1) is 17.0. The van der Waals surface area contributed by atoms with Crippen molar-refractivity contribution in [3.05, 3.63) is 0 Å². The lowest BCUT2D eigenvalue weighted by Crippen LogP contribution is -2.55. The second kappa shape index (κ2) is 7.62. The predicted octanol–water partition coefficient (Wildman–Crippen LogP) is 1.57. The van der Waals surface area contributed by atoms with Gasteiger partial charge in [-0.2, -0.15) is 0 Å². The molecule has 0 aromatic heterocycles. The Kier molecular flexibility index (Phi) is 6.46. The van der Waals surface area contributed by atoms with E-state index in [0.29, 0.717) is 12.5 Å². The summed E-state index contributed by atoms with van der Waals surface area (Å²) in [6.45, 7) is 7.69. The predicted molar refractivity (Wildman–Crippen MR) is 78.3 cm³/mol. The first-order chi connectivity index (χ1) is 9.46. The minimum absolute atomic E-state index is 0.0206. The first-order valence-corrected chi connectivity index (χ1v) is 7.58. The van der Waals surface area contributed by atoms with Gasteiger partial charge in [0.2, 0.25) is 5.91 Å². The normalized spacial score (nSPS) is 22.1. The molecule has 0 spiro atoms. The quantitative estimate of drug-likeness (QED) is 0.721. The third kappa shape index (κ3) is 4.20. The molecule has 1 rings (SSSR count). The molecule has 0 saturated carbocycles. The summed E-state index contributed by atoms with van der Waals surface area (Å²) in [4.78, 5) is 26.0. The maximum atomic E-state index is 12.7. The molecule has 0 aromatic carbocycles. The lowest BCUT2D eigenvalue weighted by atomic mass is 9.96. The van der Waals surface area contributed by atoms with Gasteiger partial charge in [0, 0.05) is 6.54 Å². The van der Waals surface area contributed by atoms with Crippen LogP contribution < -0.4 is 5.32 Å².